The maximum absolute atomic E-state index is 12.0. The molecule has 1 heterocycles. The molecule has 2 aromatic rings. The molecular weight excluding hydrogens is 302 g/mol. The van der Waals surface area contributed by atoms with E-state index in [-0.39, 0.29) is 17.7 Å². The van der Waals surface area contributed by atoms with Gasteiger partial charge in [0, 0.05) is 12.6 Å². The number of nitrogens with one attached hydrogen (secondary N) is 2. The SMILES string of the molecule is CC(=O)Nc1cccc([C@H](C)NC(=O)c2ccc([N+](=O)[O-])o2)c1. The minimum atomic E-state index is -0.711. The predicted octanol–water partition coefficient (Wildman–Crippen LogP) is 2.64. The number of anilines is 1. The lowest BCUT2D eigenvalue weighted by Crippen LogP contribution is -2.26. The van der Waals surface area contributed by atoms with Crippen LogP contribution in [0.4, 0.5) is 11.6 Å². The predicted molar refractivity (Wildman–Crippen MR) is 82.0 cm³/mol. The first-order chi connectivity index (χ1) is 10.9. The van der Waals surface area contributed by atoms with Gasteiger partial charge in [0.05, 0.1) is 12.1 Å². The second-order valence-electron chi connectivity index (χ2n) is 4.90. The van der Waals surface area contributed by atoms with Crippen LogP contribution in [0, 0.1) is 10.1 Å². The zero-order chi connectivity index (χ0) is 17.0. The van der Waals surface area contributed by atoms with Crippen LogP contribution in [0.3, 0.4) is 0 Å². The molecule has 0 aliphatic carbocycles. The first kappa shape index (κ1) is 16.2. The summed E-state index contributed by atoms with van der Waals surface area (Å²) in [6.45, 7) is 3.16. The van der Waals surface area contributed by atoms with Crippen LogP contribution < -0.4 is 10.6 Å². The van der Waals surface area contributed by atoms with Crippen molar-refractivity contribution in [1.82, 2.24) is 5.32 Å². The van der Waals surface area contributed by atoms with E-state index in [0.717, 1.165) is 11.6 Å². The zero-order valence-electron chi connectivity index (χ0n) is 12.5. The number of carbonyl (C=O) groups is 2. The fourth-order valence-electron chi connectivity index (χ4n) is 1.99. The number of hydrogen-bond acceptors (Lipinski definition) is 5. The Kier molecular flexibility index (Phi) is 4.75. The van der Waals surface area contributed by atoms with Crippen molar-refractivity contribution in [3.8, 4) is 0 Å². The topological polar surface area (TPSA) is 114 Å². The van der Waals surface area contributed by atoms with Gasteiger partial charge in [0.25, 0.3) is 5.91 Å². The van der Waals surface area contributed by atoms with Crippen LogP contribution in [0.2, 0.25) is 0 Å². The third kappa shape index (κ3) is 4.16. The highest BCUT2D eigenvalue weighted by Crippen LogP contribution is 2.20. The minimum Gasteiger partial charge on any atom is -0.395 e. The van der Waals surface area contributed by atoms with E-state index in [0.29, 0.717) is 5.69 Å². The molecule has 23 heavy (non-hydrogen) atoms. The molecule has 120 valence electrons. The normalized spacial score (nSPS) is 11.6. The molecule has 1 atom stereocenters. The molecule has 2 rings (SSSR count). The van der Waals surface area contributed by atoms with Crippen molar-refractivity contribution >= 4 is 23.4 Å². The lowest BCUT2D eigenvalue weighted by molar-refractivity contribution is -0.402. The summed E-state index contributed by atoms with van der Waals surface area (Å²) in [4.78, 5) is 32.9. The maximum Gasteiger partial charge on any atom is 0.433 e. The van der Waals surface area contributed by atoms with Gasteiger partial charge in [0.2, 0.25) is 5.91 Å². The van der Waals surface area contributed by atoms with Crippen LogP contribution in [-0.4, -0.2) is 16.7 Å². The monoisotopic (exact) mass is 317 g/mol. The molecule has 8 heteroatoms. The molecule has 0 radical (unpaired) electrons. The van der Waals surface area contributed by atoms with Crippen molar-refractivity contribution in [1.29, 1.82) is 0 Å². The molecule has 0 aliphatic rings. The van der Waals surface area contributed by atoms with Gasteiger partial charge in [-0.3, -0.25) is 19.7 Å². The van der Waals surface area contributed by atoms with Crippen molar-refractivity contribution in [2.24, 2.45) is 0 Å². The van der Waals surface area contributed by atoms with Crippen LogP contribution in [0.15, 0.2) is 40.8 Å². The highest BCUT2D eigenvalue weighted by molar-refractivity contribution is 5.92. The van der Waals surface area contributed by atoms with Crippen LogP contribution >= 0.6 is 0 Å². The van der Waals surface area contributed by atoms with Crippen molar-refractivity contribution in [3.05, 3.63) is 57.8 Å². The Morgan fingerprint density at radius 3 is 2.61 bits per heavy atom. The van der Waals surface area contributed by atoms with Crippen molar-refractivity contribution in [3.63, 3.8) is 0 Å². The largest absolute Gasteiger partial charge is 0.433 e. The van der Waals surface area contributed by atoms with Crippen LogP contribution in [0.5, 0.6) is 0 Å². The van der Waals surface area contributed by atoms with E-state index in [1.165, 1.54) is 13.0 Å². The molecule has 0 unspecified atom stereocenters. The van der Waals surface area contributed by atoms with Gasteiger partial charge in [-0.25, -0.2) is 0 Å². The van der Waals surface area contributed by atoms with E-state index in [9.17, 15) is 19.7 Å². The standard InChI is InChI=1S/C15H15N3O5/c1-9(11-4-3-5-12(8-11)17-10(2)19)16-15(20)13-6-7-14(23-13)18(21)22/h3-9H,1-2H3,(H,16,20)(H,17,19)/t9-/m0/s1. The summed E-state index contributed by atoms with van der Waals surface area (Å²) in [7, 11) is 0. The van der Waals surface area contributed by atoms with Crippen LogP contribution in [-0.2, 0) is 4.79 Å². The average molecular weight is 317 g/mol. The molecule has 0 spiro atoms. The number of nitro groups is 1. The highest BCUT2D eigenvalue weighted by Gasteiger charge is 2.19. The summed E-state index contributed by atoms with van der Waals surface area (Å²) < 4.78 is 4.85. The molecule has 0 saturated carbocycles. The van der Waals surface area contributed by atoms with E-state index in [2.05, 4.69) is 10.6 Å². The van der Waals surface area contributed by atoms with Gasteiger partial charge < -0.3 is 15.1 Å². The third-order valence-electron chi connectivity index (χ3n) is 3.05. The third-order valence-corrected chi connectivity index (χ3v) is 3.05. The second kappa shape index (κ2) is 6.73. The summed E-state index contributed by atoms with van der Waals surface area (Å²) in [5.74, 6) is -1.38. The summed E-state index contributed by atoms with van der Waals surface area (Å²) in [5.41, 5.74) is 1.38. The number of nitrogens with zero attached hydrogens (tertiary/aromatic N) is 1. The van der Waals surface area contributed by atoms with Gasteiger partial charge in [-0.2, -0.15) is 0 Å². The van der Waals surface area contributed by atoms with Gasteiger partial charge in [0.15, 0.2) is 5.76 Å². The number of hydrogen-bond donors (Lipinski definition) is 2. The fraction of sp³-hybridized carbons (Fsp3) is 0.200. The van der Waals surface area contributed by atoms with Crippen molar-refractivity contribution in [2.75, 3.05) is 5.32 Å². The quantitative estimate of drug-likeness (QED) is 0.650. The summed E-state index contributed by atoms with van der Waals surface area (Å²) in [6, 6.07) is 9.00. The number of amides is 2. The summed E-state index contributed by atoms with van der Waals surface area (Å²) in [5, 5.41) is 15.9. The molecule has 2 N–H and O–H groups in total. The van der Waals surface area contributed by atoms with Gasteiger partial charge >= 0.3 is 5.88 Å². The Labute approximate surface area is 131 Å². The van der Waals surface area contributed by atoms with Crippen molar-refractivity contribution < 1.29 is 18.9 Å². The van der Waals surface area contributed by atoms with Crippen LogP contribution in [0.25, 0.3) is 0 Å². The van der Waals surface area contributed by atoms with E-state index >= 15 is 0 Å². The fourth-order valence-corrected chi connectivity index (χ4v) is 1.99. The second-order valence-corrected chi connectivity index (χ2v) is 4.90. The van der Waals surface area contributed by atoms with Gasteiger partial charge in [-0.05, 0) is 30.7 Å². The molecule has 1 aromatic carbocycles. The van der Waals surface area contributed by atoms with E-state index in [1.54, 1.807) is 31.2 Å². The Hall–Kier alpha value is -3.16. The first-order valence-electron chi connectivity index (χ1n) is 6.79. The minimum absolute atomic E-state index is 0.137. The van der Waals surface area contributed by atoms with Crippen molar-refractivity contribution in [2.45, 2.75) is 19.9 Å². The van der Waals surface area contributed by atoms with E-state index in [1.807, 2.05) is 0 Å². The number of benzene rings is 1. The molecule has 1 aromatic heterocycles. The van der Waals surface area contributed by atoms with E-state index < -0.39 is 16.7 Å². The maximum atomic E-state index is 12.0. The molecule has 2 amide bonds. The Balaban J connectivity index is 2.08. The van der Waals surface area contributed by atoms with E-state index in [4.69, 9.17) is 4.42 Å². The number of rotatable bonds is 5. The molecule has 0 fully saturated rings. The first-order valence-corrected chi connectivity index (χ1v) is 6.79. The summed E-state index contributed by atoms with van der Waals surface area (Å²) >= 11 is 0. The van der Waals surface area contributed by atoms with Gasteiger partial charge in [-0.1, -0.05) is 12.1 Å². The molecule has 0 saturated heterocycles. The number of furan rings is 1. The lowest BCUT2D eigenvalue weighted by atomic mass is 10.1. The smallest absolute Gasteiger partial charge is 0.395 e. The van der Waals surface area contributed by atoms with Gasteiger partial charge in [-0.15, -0.1) is 0 Å². The Morgan fingerprint density at radius 2 is 2.00 bits per heavy atom. The Bertz CT molecular complexity index is 753. The van der Waals surface area contributed by atoms with Gasteiger partial charge in [0.1, 0.15) is 4.92 Å². The average Bonchev–Trinajstić information content (AvgIpc) is 2.97. The summed E-state index contributed by atoms with van der Waals surface area (Å²) in [6.07, 6.45) is 0. The highest BCUT2D eigenvalue weighted by atomic mass is 16.6. The molecule has 8 nitrogen and oxygen atoms in total. The number of carbonyl (C=O) groups excluding carboxylic acids is 2. The van der Waals surface area contributed by atoms with Crippen LogP contribution in [0.1, 0.15) is 36.0 Å². The molecular formula is C15H15N3O5. The Morgan fingerprint density at radius 1 is 1.26 bits per heavy atom. The molecule has 0 aliphatic heterocycles. The molecule has 0 bridgehead atoms. The zero-order valence-corrected chi connectivity index (χ0v) is 12.5. The lowest BCUT2D eigenvalue weighted by Gasteiger charge is -2.14.